The lowest BCUT2D eigenvalue weighted by atomic mass is 10.1. The number of aliphatic hydroxyl groups is 1. The van der Waals surface area contributed by atoms with Crippen LogP contribution in [0.15, 0.2) is 0 Å². The van der Waals surface area contributed by atoms with Gasteiger partial charge in [-0.25, -0.2) is 0 Å². The molecule has 14 heavy (non-hydrogen) atoms. The van der Waals surface area contributed by atoms with E-state index < -0.39 is 0 Å². The molecule has 2 aliphatic heterocycles. The van der Waals surface area contributed by atoms with E-state index in [-0.39, 0.29) is 6.10 Å². The number of likely N-dealkylation sites (tertiary alicyclic amines) is 2. The Hall–Kier alpha value is -0.120. The van der Waals surface area contributed by atoms with E-state index in [0.29, 0.717) is 0 Å². The largest absolute Gasteiger partial charge is 0.393 e. The third-order valence-electron chi connectivity index (χ3n) is 3.46. The van der Waals surface area contributed by atoms with Crippen molar-refractivity contribution in [1.82, 2.24) is 9.80 Å². The maximum Gasteiger partial charge on any atom is 0.0524 e. The summed E-state index contributed by atoms with van der Waals surface area (Å²) in [6.45, 7) is 8.03. The van der Waals surface area contributed by atoms with Crippen LogP contribution in [0.5, 0.6) is 0 Å². The minimum absolute atomic E-state index is 0.138. The van der Waals surface area contributed by atoms with Gasteiger partial charge in [0, 0.05) is 25.7 Å². The Bertz CT molecular complexity index is 172. The van der Waals surface area contributed by atoms with Gasteiger partial charge in [0.15, 0.2) is 0 Å². The number of hydrogen-bond donors (Lipinski definition) is 1. The summed E-state index contributed by atoms with van der Waals surface area (Å²) in [7, 11) is 0. The quantitative estimate of drug-likeness (QED) is 0.714. The van der Waals surface area contributed by atoms with Crippen molar-refractivity contribution in [3.63, 3.8) is 0 Å². The Balaban J connectivity index is 1.59. The first kappa shape index (κ1) is 10.4. The average Bonchev–Trinajstić information content (AvgIpc) is 2.53. The molecule has 82 valence electrons. The lowest BCUT2D eigenvalue weighted by Gasteiger charge is -2.44. The van der Waals surface area contributed by atoms with Gasteiger partial charge >= 0.3 is 0 Å². The number of rotatable bonds is 4. The number of aliphatic hydroxyl groups excluding tert-OH is 1. The van der Waals surface area contributed by atoms with E-state index in [9.17, 15) is 0 Å². The maximum atomic E-state index is 9.16. The Morgan fingerprint density at radius 3 is 2.50 bits per heavy atom. The molecule has 0 saturated carbocycles. The zero-order chi connectivity index (χ0) is 9.97. The van der Waals surface area contributed by atoms with E-state index in [1.165, 1.54) is 39.0 Å². The Morgan fingerprint density at radius 1 is 1.29 bits per heavy atom. The third kappa shape index (κ3) is 2.47. The molecule has 0 aromatic carbocycles. The van der Waals surface area contributed by atoms with Crippen molar-refractivity contribution in [3.05, 3.63) is 0 Å². The molecule has 2 rings (SSSR count). The first-order valence-corrected chi connectivity index (χ1v) is 5.90. The van der Waals surface area contributed by atoms with E-state index in [0.717, 1.165) is 19.0 Å². The third-order valence-corrected chi connectivity index (χ3v) is 3.46. The van der Waals surface area contributed by atoms with Crippen LogP contribution in [0.2, 0.25) is 0 Å². The van der Waals surface area contributed by atoms with Gasteiger partial charge in [-0.15, -0.1) is 0 Å². The highest BCUT2D eigenvalue weighted by Gasteiger charge is 2.32. The SMILES string of the molecule is CC(O)CCN1CC(N2CCCC2)C1. The molecular formula is C11H22N2O. The van der Waals surface area contributed by atoms with Crippen molar-refractivity contribution >= 4 is 0 Å². The summed E-state index contributed by atoms with van der Waals surface area (Å²) in [6.07, 6.45) is 3.57. The molecule has 0 spiro atoms. The molecule has 0 aromatic rings. The highest BCUT2D eigenvalue weighted by atomic mass is 16.3. The molecule has 1 N–H and O–H groups in total. The van der Waals surface area contributed by atoms with Gasteiger partial charge in [-0.05, 0) is 39.3 Å². The standard InChI is InChI=1S/C11H22N2O/c1-10(14)4-7-12-8-11(9-12)13-5-2-3-6-13/h10-11,14H,2-9H2,1H3. The fraction of sp³-hybridized carbons (Fsp3) is 1.00. The second kappa shape index (κ2) is 4.60. The zero-order valence-electron chi connectivity index (χ0n) is 9.15. The van der Waals surface area contributed by atoms with Gasteiger partial charge in [0.05, 0.1) is 6.10 Å². The van der Waals surface area contributed by atoms with Crippen molar-refractivity contribution in [1.29, 1.82) is 0 Å². The minimum Gasteiger partial charge on any atom is -0.393 e. The van der Waals surface area contributed by atoms with Crippen LogP contribution in [0.1, 0.15) is 26.2 Å². The average molecular weight is 198 g/mol. The van der Waals surface area contributed by atoms with Crippen LogP contribution in [-0.2, 0) is 0 Å². The minimum atomic E-state index is -0.138. The van der Waals surface area contributed by atoms with E-state index in [1.54, 1.807) is 0 Å². The first-order valence-electron chi connectivity index (χ1n) is 5.90. The fourth-order valence-electron chi connectivity index (χ4n) is 2.43. The number of nitrogens with zero attached hydrogens (tertiary/aromatic N) is 2. The Morgan fingerprint density at radius 2 is 1.93 bits per heavy atom. The molecule has 0 amide bonds. The monoisotopic (exact) mass is 198 g/mol. The van der Waals surface area contributed by atoms with Gasteiger partial charge in [-0.3, -0.25) is 4.90 Å². The predicted octanol–water partition coefficient (Wildman–Crippen LogP) is 0.537. The van der Waals surface area contributed by atoms with E-state index in [1.807, 2.05) is 6.92 Å². The molecule has 2 saturated heterocycles. The molecule has 2 fully saturated rings. The Kier molecular flexibility index (Phi) is 3.42. The van der Waals surface area contributed by atoms with Gasteiger partial charge in [0.1, 0.15) is 0 Å². The van der Waals surface area contributed by atoms with Gasteiger partial charge in [-0.1, -0.05) is 0 Å². The molecule has 2 aliphatic rings. The van der Waals surface area contributed by atoms with Crippen molar-refractivity contribution in [2.75, 3.05) is 32.7 Å². The summed E-state index contributed by atoms with van der Waals surface area (Å²) >= 11 is 0. The van der Waals surface area contributed by atoms with Crippen molar-refractivity contribution in [3.8, 4) is 0 Å². The van der Waals surface area contributed by atoms with Gasteiger partial charge in [0.25, 0.3) is 0 Å². The molecule has 1 unspecified atom stereocenters. The summed E-state index contributed by atoms with van der Waals surface area (Å²) in [5.41, 5.74) is 0. The molecule has 1 atom stereocenters. The molecule has 3 heteroatoms. The second-order valence-corrected chi connectivity index (χ2v) is 4.79. The van der Waals surface area contributed by atoms with Gasteiger partial charge in [0.2, 0.25) is 0 Å². The van der Waals surface area contributed by atoms with Crippen LogP contribution in [0.4, 0.5) is 0 Å². The van der Waals surface area contributed by atoms with Crippen LogP contribution < -0.4 is 0 Å². The van der Waals surface area contributed by atoms with Crippen LogP contribution >= 0.6 is 0 Å². The fourth-order valence-corrected chi connectivity index (χ4v) is 2.43. The van der Waals surface area contributed by atoms with Crippen LogP contribution in [0.25, 0.3) is 0 Å². The molecule has 2 heterocycles. The van der Waals surface area contributed by atoms with Crippen LogP contribution in [0.3, 0.4) is 0 Å². The topological polar surface area (TPSA) is 26.7 Å². The molecule has 0 radical (unpaired) electrons. The maximum absolute atomic E-state index is 9.16. The summed E-state index contributed by atoms with van der Waals surface area (Å²) in [4.78, 5) is 5.08. The van der Waals surface area contributed by atoms with E-state index in [4.69, 9.17) is 5.11 Å². The molecule has 3 nitrogen and oxygen atoms in total. The highest BCUT2D eigenvalue weighted by molar-refractivity contribution is 4.89. The smallest absolute Gasteiger partial charge is 0.0524 e. The predicted molar refractivity (Wildman–Crippen MR) is 57.3 cm³/mol. The van der Waals surface area contributed by atoms with Crippen LogP contribution in [0, 0.1) is 0 Å². The van der Waals surface area contributed by atoms with Crippen LogP contribution in [-0.4, -0.2) is 59.8 Å². The summed E-state index contributed by atoms with van der Waals surface area (Å²) in [5.74, 6) is 0. The highest BCUT2D eigenvalue weighted by Crippen LogP contribution is 2.20. The summed E-state index contributed by atoms with van der Waals surface area (Å²) in [6, 6.07) is 0.825. The summed E-state index contributed by atoms with van der Waals surface area (Å²) in [5, 5.41) is 9.16. The van der Waals surface area contributed by atoms with Crippen molar-refractivity contribution < 1.29 is 5.11 Å². The molecule has 0 aliphatic carbocycles. The van der Waals surface area contributed by atoms with E-state index in [2.05, 4.69) is 9.80 Å². The number of hydrogen-bond acceptors (Lipinski definition) is 3. The molecule has 0 bridgehead atoms. The van der Waals surface area contributed by atoms with Gasteiger partial charge in [-0.2, -0.15) is 0 Å². The van der Waals surface area contributed by atoms with Crippen molar-refractivity contribution in [2.45, 2.75) is 38.3 Å². The normalized spacial score (nSPS) is 27.9. The zero-order valence-corrected chi connectivity index (χ0v) is 9.15. The van der Waals surface area contributed by atoms with E-state index >= 15 is 0 Å². The Labute approximate surface area is 86.7 Å². The summed E-state index contributed by atoms with van der Waals surface area (Å²) < 4.78 is 0. The molecule has 0 aromatic heterocycles. The van der Waals surface area contributed by atoms with Crippen molar-refractivity contribution in [2.24, 2.45) is 0 Å². The second-order valence-electron chi connectivity index (χ2n) is 4.79. The van der Waals surface area contributed by atoms with Gasteiger partial charge < -0.3 is 10.0 Å². The molecular weight excluding hydrogens is 176 g/mol. The lowest BCUT2D eigenvalue weighted by Crippen LogP contribution is -2.58. The first-order chi connectivity index (χ1) is 6.75. The lowest BCUT2D eigenvalue weighted by molar-refractivity contribution is 0.0373.